The van der Waals surface area contributed by atoms with Crippen molar-refractivity contribution >= 4 is 34.1 Å². The Hall–Kier alpha value is -4.12. The van der Waals surface area contributed by atoms with Crippen molar-refractivity contribution in [2.24, 2.45) is 14.1 Å². The Labute approximate surface area is 202 Å². The van der Waals surface area contributed by atoms with Gasteiger partial charge in [-0.05, 0) is 18.2 Å². The Bertz CT molecular complexity index is 1620. The largest absolute Gasteiger partial charge is 0.324 e. The molecule has 0 unspecified atom stereocenters. The van der Waals surface area contributed by atoms with Crippen LogP contribution < -0.4 is 10.9 Å². The molecule has 5 rings (SSSR count). The summed E-state index contributed by atoms with van der Waals surface area (Å²) in [6.07, 6.45) is 5.06. The van der Waals surface area contributed by atoms with Gasteiger partial charge >= 0.3 is 0 Å². The number of halogens is 3. The van der Waals surface area contributed by atoms with E-state index in [-0.39, 0.29) is 24.5 Å². The fraction of sp³-hybridized carbons (Fsp3) is 0.174. The van der Waals surface area contributed by atoms with E-state index in [0.717, 1.165) is 11.5 Å². The van der Waals surface area contributed by atoms with E-state index in [1.807, 2.05) is 6.20 Å². The molecule has 5 aromatic rings. The summed E-state index contributed by atoms with van der Waals surface area (Å²) in [6, 6.07) is 6.81. The van der Waals surface area contributed by atoms with Gasteiger partial charge in [-0.15, -0.1) is 0 Å². The molecule has 0 aliphatic carbocycles. The molecule has 0 saturated carbocycles. The van der Waals surface area contributed by atoms with E-state index in [1.54, 1.807) is 41.7 Å². The zero-order valence-corrected chi connectivity index (χ0v) is 19.5. The summed E-state index contributed by atoms with van der Waals surface area (Å²) in [6.45, 7) is -0.0167. The highest BCUT2D eigenvalue weighted by molar-refractivity contribution is 6.34. The smallest absolute Gasteiger partial charge is 0.278 e. The van der Waals surface area contributed by atoms with Gasteiger partial charge in [0.2, 0.25) is 5.95 Å². The molecule has 0 amide bonds. The van der Waals surface area contributed by atoms with E-state index in [2.05, 4.69) is 25.5 Å². The molecule has 0 aliphatic heterocycles. The van der Waals surface area contributed by atoms with Gasteiger partial charge in [-0.25, -0.2) is 13.8 Å². The van der Waals surface area contributed by atoms with Crippen molar-refractivity contribution < 1.29 is 8.78 Å². The predicted octanol–water partition coefficient (Wildman–Crippen LogP) is 3.57. The molecule has 9 nitrogen and oxygen atoms in total. The molecule has 0 spiro atoms. The molecule has 0 fully saturated rings. The first-order valence-electron chi connectivity index (χ1n) is 10.5. The van der Waals surface area contributed by atoms with Crippen LogP contribution in [0.3, 0.4) is 0 Å². The summed E-state index contributed by atoms with van der Waals surface area (Å²) >= 11 is 6.45. The fourth-order valence-electron chi connectivity index (χ4n) is 3.73. The number of nitrogens with zero attached hydrogens (tertiary/aromatic N) is 7. The number of nitrogens with one attached hydrogen (secondary N) is 1. The second-order valence-corrected chi connectivity index (χ2v) is 8.50. The summed E-state index contributed by atoms with van der Waals surface area (Å²) in [5.74, 6) is -0.809. The van der Waals surface area contributed by atoms with Gasteiger partial charge in [0.15, 0.2) is 5.82 Å². The van der Waals surface area contributed by atoms with Crippen LogP contribution in [0.4, 0.5) is 20.4 Å². The molecule has 3 heterocycles. The molecule has 178 valence electrons. The Morgan fingerprint density at radius 2 is 1.86 bits per heavy atom. The molecule has 0 radical (unpaired) electrons. The number of aromatic nitrogens is 7. The minimum absolute atomic E-state index is 0.0167. The van der Waals surface area contributed by atoms with Crippen LogP contribution in [0.25, 0.3) is 10.9 Å². The summed E-state index contributed by atoms with van der Waals surface area (Å²) in [4.78, 5) is 21.2. The van der Waals surface area contributed by atoms with Gasteiger partial charge in [0.25, 0.3) is 5.56 Å². The van der Waals surface area contributed by atoms with E-state index < -0.39 is 17.2 Å². The number of hydrogen-bond acceptors (Lipinski definition) is 6. The lowest BCUT2D eigenvalue weighted by atomic mass is 10.2. The van der Waals surface area contributed by atoms with E-state index in [0.29, 0.717) is 27.6 Å². The molecule has 0 saturated heterocycles. The quantitative estimate of drug-likeness (QED) is 0.386. The van der Waals surface area contributed by atoms with Crippen LogP contribution in [0.2, 0.25) is 5.02 Å². The highest BCUT2D eigenvalue weighted by atomic mass is 35.5. The lowest BCUT2D eigenvalue weighted by Crippen LogP contribution is -2.22. The van der Waals surface area contributed by atoms with Crippen molar-refractivity contribution in [3.8, 4) is 0 Å². The third-order valence-electron chi connectivity index (χ3n) is 5.37. The van der Waals surface area contributed by atoms with Gasteiger partial charge in [0.05, 0.1) is 22.8 Å². The zero-order valence-electron chi connectivity index (χ0n) is 18.7. The average Bonchev–Trinajstić information content (AvgIpc) is 3.36. The van der Waals surface area contributed by atoms with Crippen molar-refractivity contribution in [2.45, 2.75) is 13.0 Å². The summed E-state index contributed by atoms with van der Waals surface area (Å²) in [5.41, 5.74) is 1.24. The van der Waals surface area contributed by atoms with Crippen molar-refractivity contribution in [1.82, 2.24) is 34.1 Å². The minimum Gasteiger partial charge on any atom is -0.324 e. The third kappa shape index (κ3) is 4.76. The lowest BCUT2D eigenvalue weighted by molar-refractivity contribution is 0.565. The normalized spacial score (nSPS) is 11.3. The molecule has 0 aliphatic rings. The number of benzene rings is 2. The summed E-state index contributed by atoms with van der Waals surface area (Å²) in [7, 11) is 3.52. The second kappa shape index (κ2) is 8.91. The Balaban J connectivity index is 1.57. The Morgan fingerprint density at radius 1 is 1.03 bits per heavy atom. The fourth-order valence-corrected chi connectivity index (χ4v) is 3.94. The summed E-state index contributed by atoms with van der Waals surface area (Å²) < 4.78 is 32.7. The molecule has 3 aromatic heterocycles. The molecule has 12 heteroatoms. The van der Waals surface area contributed by atoms with Gasteiger partial charge in [-0.2, -0.15) is 15.2 Å². The maximum absolute atomic E-state index is 14.5. The molecule has 0 atom stereocenters. The molecule has 1 N–H and O–H groups in total. The highest BCUT2D eigenvalue weighted by Crippen LogP contribution is 2.29. The second-order valence-electron chi connectivity index (χ2n) is 8.09. The van der Waals surface area contributed by atoms with E-state index in [4.69, 9.17) is 11.6 Å². The summed E-state index contributed by atoms with van der Waals surface area (Å²) in [5, 5.41) is 12.8. The number of aryl methyl sites for hydroxylation is 2. The first-order chi connectivity index (χ1) is 16.7. The van der Waals surface area contributed by atoms with Crippen LogP contribution in [-0.2, 0) is 27.1 Å². The number of hydrogen-bond donors (Lipinski definition) is 1. The van der Waals surface area contributed by atoms with Crippen LogP contribution in [-0.4, -0.2) is 34.1 Å². The van der Waals surface area contributed by atoms with Crippen molar-refractivity contribution in [2.75, 3.05) is 5.32 Å². The zero-order chi connectivity index (χ0) is 24.7. The maximum Gasteiger partial charge on any atom is 0.278 e. The van der Waals surface area contributed by atoms with Gasteiger partial charge in [-0.1, -0.05) is 17.7 Å². The highest BCUT2D eigenvalue weighted by Gasteiger charge is 2.15. The van der Waals surface area contributed by atoms with Crippen LogP contribution in [0.5, 0.6) is 0 Å². The van der Waals surface area contributed by atoms with Gasteiger partial charge in [0.1, 0.15) is 18.0 Å². The van der Waals surface area contributed by atoms with Gasteiger partial charge in [-0.3, -0.25) is 14.2 Å². The first-order valence-corrected chi connectivity index (χ1v) is 10.9. The van der Waals surface area contributed by atoms with Crippen LogP contribution in [0.1, 0.15) is 17.0 Å². The van der Waals surface area contributed by atoms with E-state index in [9.17, 15) is 13.6 Å². The predicted molar refractivity (Wildman–Crippen MR) is 127 cm³/mol. The third-order valence-corrected chi connectivity index (χ3v) is 5.68. The standard InChI is InChI=1S/C23H19ClF2N8O/c1-32-9-14-5-20(17(24)8-19(14)30-32)28-23-29-22(35)15(6-21-27-12-33(2)31-21)11-34(23)10-13-3-4-16(25)7-18(13)26/h3-5,7-9,11-12H,6,10H2,1-2H3,(H,28,29,35). The van der Waals surface area contributed by atoms with Gasteiger partial charge in [0, 0.05) is 55.5 Å². The number of fused-ring (bicyclic) bond motifs is 1. The molecular formula is C23H19ClF2N8O. The maximum atomic E-state index is 14.5. The molecule has 0 bridgehead atoms. The minimum atomic E-state index is -0.711. The number of rotatable bonds is 6. The van der Waals surface area contributed by atoms with Crippen LogP contribution in [0, 0.1) is 11.6 Å². The van der Waals surface area contributed by atoms with E-state index in [1.165, 1.54) is 23.1 Å². The Morgan fingerprint density at radius 3 is 2.60 bits per heavy atom. The van der Waals surface area contributed by atoms with Crippen molar-refractivity contribution in [3.63, 3.8) is 0 Å². The van der Waals surface area contributed by atoms with Crippen molar-refractivity contribution in [3.05, 3.63) is 93.0 Å². The topological polar surface area (TPSA) is 95.5 Å². The van der Waals surface area contributed by atoms with Crippen LogP contribution in [0.15, 0.2) is 53.8 Å². The molecule has 35 heavy (non-hydrogen) atoms. The van der Waals surface area contributed by atoms with E-state index >= 15 is 0 Å². The SMILES string of the molecule is Cn1cnc(Cc2cn(Cc3ccc(F)cc3F)c(Nc3cc4cn(C)nc4cc3Cl)nc2=O)n1. The Kier molecular flexibility index (Phi) is 5.77. The molecule has 2 aromatic carbocycles. The average molecular weight is 497 g/mol. The molecular weight excluding hydrogens is 478 g/mol. The number of anilines is 2. The first kappa shape index (κ1) is 22.7. The monoisotopic (exact) mass is 496 g/mol. The van der Waals surface area contributed by atoms with Crippen molar-refractivity contribution in [1.29, 1.82) is 0 Å². The lowest BCUT2D eigenvalue weighted by Gasteiger charge is -2.16. The van der Waals surface area contributed by atoms with Gasteiger partial charge < -0.3 is 9.88 Å². The van der Waals surface area contributed by atoms with Crippen LogP contribution >= 0.6 is 11.6 Å².